The molecule has 0 radical (unpaired) electrons. The van der Waals surface area contributed by atoms with E-state index in [0.717, 1.165) is 90.1 Å². The molecule has 3 fully saturated rings. The Bertz CT molecular complexity index is 2040. The summed E-state index contributed by atoms with van der Waals surface area (Å²) < 4.78 is 11.6. The smallest absolute Gasteiger partial charge is 0.310 e. The van der Waals surface area contributed by atoms with Crippen molar-refractivity contribution in [2.75, 3.05) is 46.9 Å². The number of carbonyl (C=O) groups excluding carboxylic acids is 1. The van der Waals surface area contributed by atoms with Crippen LogP contribution in [-0.4, -0.2) is 83.7 Å². The third kappa shape index (κ3) is 6.22. The summed E-state index contributed by atoms with van der Waals surface area (Å²) in [4.78, 5) is 37.7. The third-order valence-corrected chi connectivity index (χ3v) is 11.8. The van der Waals surface area contributed by atoms with Gasteiger partial charge in [0.1, 0.15) is 5.75 Å². The van der Waals surface area contributed by atoms with Crippen LogP contribution in [0.25, 0.3) is 33.6 Å². The molecule has 0 bridgehead atoms. The monoisotopic (exact) mass is 727 g/mol. The first kappa shape index (κ1) is 33.9. The summed E-state index contributed by atoms with van der Waals surface area (Å²) in [5, 5.41) is 13.7. The highest BCUT2D eigenvalue weighted by Gasteiger charge is 2.51. The van der Waals surface area contributed by atoms with E-state index in [4.69, 9.17) is 42.6 Å². The molecule has 1 amide bonds. The van der Waals surface area contributed by atoms with E-state index in [0.29, 0.717) is 53.4 Å². The van der Waals surface area contributed by atoms with Crippen molar-refractivity contribution in [2.45, 2.75) is 38.8 Å². The molecule has 4 aromatic rings. The minimum atomic E-state index is -0.704. The number of fused-ring (bicyclic) bond motifs is 1. The number of pyridine rings is 2. The van der Waals surface area contributed by atoms with Gasteiger partial charge in [-0.2, -0.15) is 0 Å². The third-order valence-electron chi connectivity index (χ3n) is 11.0. The van der Waals surface area contributed by atoms with E-state index in [-0.39, 0.29) is 11.3 Å². The summed E-state index contributed by atoms with van der Waals surface area (Å²) in [6.07, 6.45) is 4.56. The average Bonchev–Trinajstić information content (AvgIpc) is 3.80. The number of amides is 1. The molecule has 0 unspecified atom stereocenters. The maximum absolute atomic E-state index is 11.8. The molecule has 10 nitrogen and oxygen atoms in total. The van der Waals surface area contributed by atoms with Crippen LogP contribution >= 0.6 is 23.2 Å². The fourth-order valence-electron chi connectivity index (χ4n) is 8.10. The molecule has 3 aliphatic heterocycles. The van der Waals surface area contributed by atoms with Crippen molar-refractivity contribution in [1.29, 1.82) is 0 Å². The Morgan fingerprint density at radius 3 is 2.49 bits per heavy atom. The van der Waals surface area contributed by atoms with E-state index in [1.807, 2.05) is 42.5 Å². The molecule has 2 aromatic carbocycles. The number of carbonyl (C=O) groups is 2. The van der Waals surface area contributed by atoms with E-state index in [2.05, 4.69) is 21.2 Å². The molecule has 8 rings (SSSR count). The number of methoxy groups -OCH3 is 2. The predicted octanol–water partition coefficient (Wildman–Crippen LogP) is 6.35. The number of aliphatic carboxylic acids is 1. The maximum atomic E-state index is 11.8. The van der Waals surface area contributed by atoms with Crippen molar-refractivity contribution in [3.8, 4) is 45.3 Å². The minimum Gasteiger partial charge on any atom is -0.496 e. The molecule has 1 aliphatic carbocycles. The molecule has 0 atom stereocenters. The number of halogens is 2. The zero-order valence-corrected chi connectivity index (χ0v) is 30.1. The Hall–Kier alpha value is -4.22. The highest BCUT2D eigenvalue weighted by molar-refractivity contribution is 6.39. The second-order valence-electron chi connectivity index (χ2n) is 14.5. The number of ether oxygens (including phenoxy) is 2. The fourth-order valence-corrected chi connectivity index (χ4v) is 8.74. The second-order valence-corrected chi connectivity index (χ2v) is 15.3. The molecule has 1 spiro atoms. The normalized spacial score (nSPS) is 18.9. The lowest BCUT2D eigenvalue weighted by molar-refractivity contribution is -0.144. The summed E-state index contributed by atoms with van der Waals surface area (Å²) in [6, 6.07) is 15.8. The molecule has 2 N–H and O–H groups in total. The summed E-state index contributed by atoms with van der Waals surface area (Å²) in [5.41, 5.74) is 7.04. The van der Waals surface area contributed by atoms with Crippen LogP contribution in [0.5, 0.6) is 11.6 Å². The van der Waals surface area contributed by atoms with Gasteiger partial charge in [-0.15, -0.1) is 0 Å². The molecule has 1 saturated carbocycles. The van der Waals surface area contributed by atoms with Crippen LogP contribution < -0.4 is 14.8 Å². The number of benzene rings is 2. The molecule has 2 aromatic heterocycles. The van der Waals surface area contributed by atoms with E-state index in [1.165, 1.54) is 0 Å². The van der Waals surface area contributed by atoms with Crippen molar-refractivity contribution in [1.82, 2.24) is 25.1 Å². The highest BCUT2D eigenvalue weighted by atomic mass is 35.5. The standard InChI is InChI=1S/C39H39Cl2N5O5/c1-50-31-15-25(14-23-9-13-45(18-29(23)31)22-39(10-11-39)37(48)49)35-34(41)27(8-12-42-35)26-4-3-5-28(33(26)40)30-7-6-24(36(44-30)51-2)17-46-20-38(21-46)16-32(47)43-19-38/h3-8,12,14-15H,9-11,13,16-22H2,1-2H3,(H,43,47)(H,48,49). The summed E-state index contributed by atoms with van der Waals surface area (Å²) in [5.74, 6) is 0.705. The number of hydrogen-bond acceptors (Lipinski definition) is 8. The number of carboxylic acid groups (broad SMARTS) is 1. The van der Waals surface area contributed by atoms with Crippen molar-refractivity contribution in [3.05, 3.63) is 81.5 Å². The zero-order valence-electron chi connectivity index (χ0n) is 28.6. The lowest BCUT2D eigenvalue weighted by Crippen LogP contribution is -2.56. The first-order chi connectivity index (χ1) is 24.6. The molecular weight excluding hydrogens is 689 g/mol. The van der Waals surface area contributed by atoms with Crippen LogP contribution in [0.2, 0.25) is 10.0 Å². The van der Waals surface area contributed by atoms with Crippen LogP contribution in [0.1, 0.15) is 36.0 Å². The summed E-state index contributed by atoms with van der Waals surface area (Å²) in [7, 11) is 3.28. The molecular formula is C39H39Cl2N5O5. The number of aromatic nitrogens is 2. The largest absolute Gasteiger partial charge is 0.496 e. The first-order valence-electron chi connectivity index (χ1n) is 17.2. The Balaban J connectivity index is 1.05. The summed E-state index contributed by atoms with van der Waals surface area (Å²) in [6.45, 7) is 5.12. The van der Waals surface area contributed by atoms with E-state index >= 15 is 0 Å². The quantitative estimate of drug-likeness (QED) is 0.193. The number of carboxylic acids is 1. The SMILES string of the molecule is COc1cc(-c2nccc(-c3cccc(-c4ccc(CN5CC6(CNC(=O)C6)C5)c(OC)n4)c3Cl)c2Cl)cc2c1CN(CC1(C(=O)O)CC1)CC2. The van der Waals surface area contributed by atoms with Gasteiger partial charge in [0.15, 0.2) is 0 Å². The number of likely N-dealkylation sites (tertiary alicyclic amines) is 1. The molecule has 12 heteroatoms. The average molecular weight is 729 g/mol. The molecule has 2 saturated heterocycles. The van der Waals surface area contributed by atoms with Gasteiger partial charge in [0.25, 0.3) is 0 Å². The van der Waals surface area contributed by atoms with Crippen LogP contribution in [0.3, 0.4) is 0 Å². The van der Waals surface area contributed by atoms with Crippen LogP contribution in [0.15, 0.2) is 54.7 Å². The number of nitrogens with one attached hydrogen (secondary N) is 1. The Labute approximate surface area is 306 Å². The van der Waals surface area contributed by atoms with E-state index < -0.39 is 11.4 Å². The Morgan fingerprint density at radius 2 is 1.78 bits per heavy atom. The molecule has 5 heterocycles. The van der Waals surface area contributed by atoms with Gasteiger partial charge in [-0.3, -0.25) is 24.4 Å². The van der Waals surface area contributed by atoms with E-state index in [1.54, 1.807) is 20.4 Å². The van der Waals surface area contributed by atoms with Gasteiger partial charge in [-0.25, -0.2) is 4.98 Å². The Morgan fingerprint density at radius 1 is 1.00 bits per heavy atom. The van der Waals surface area contributed by atoms with Gasteiger partial charge in [-0.1, -0.05) is 47.5 Å². The second kappa shape index (κ2) is 13.1. The minimum absolute atomic E-state index is 0.0533. The molecule has 264 valence electrons. The lowest BCUT2D eigenvalue weighted by atomic mass is 9.79. The van der Waals surface area contributed by atoms with Gasteiger partial charge in [0.05, 0.1) is 41.1 Å². The van der Waals surface area contributed by atoms with Crippen LogP contribution in [0, 0.1) is 10.8 Å². The van der Waals surface area contributed by atoms with Crippen molar-refractivity contribution in [3.63, 3.8) is 0 Å². The Kier molecular flexibility index (Phi) is 8.69. The van der Waals surface area contributed by atoms with Crippen molar-refractivity contribution >= 4 is 35.1 Å². The van der Waals surface area contributed by atoms with Crippen molar-refractivity contribution < 1.29 is 24.2 Å². The van der Waals surface area contributed by atoms with Crippen LogP contribution in [0.4, 0.5) is 0 Å². The fraction of sp³-hybridized carbons (Fsp3) is 0.385. The zero-order chi connectivity index (χ0) is 35.5. The van der Waals surface area contributed by atoms with Gasteiger partial charge >= 0.3 is 5.97 Å². The first-order valence-corrected chi connectivity index (χ1v) is 18.0. The molecule has 4 aliphatic rings. The highest BCUT2D eigenvalue weighted by Crippen LogP contribution is 2.48. The van der Waals surface area contributed by atoms with Gasteiger partial charge in [0, 0.05) is 97.2 Å². The number of hydrogen-bond donors (Lipinski definition) is 2. The van der Waals surface area contributed by atoms with E-state index in [9.17, 15) is 14.7 Å². The van der Waals surface area contributed by atoms with Gasteiger partial charge in [0.2, 0.25) is 11.8 Å². The van der Waals surface area contributed by atoms with Gasteiger partial charge in [-0.05, 0) is 49.1 Å². The topological polar surface area (TPSA) is 117 Å². The van der Waals surface area contributed by atoms with Crippen molar-refractivity contribution in [2.24, 2.45) is 10.8 Å². The maximum Gasteiger partial charge on any atom is 0.310 e. The van der Waals surface area contributed by atoms with Gasteiger partial charge < -0.3 is 19.9 Å². The lowest BCUT2D eigenvalue weighted by Gasteiger charge is -2.47. The predicted molar refractivity (Wildman–Crippen MR) is 195 cm³/mol. The number of rotatable bonds is 10. The van der Waals surface area contributed by atoms with Crippen LogP contribution in [-0.2, 0) is 29.1 Å². The molecule has 51 heavy (non-hydrogen) atoms. The summed E-state index contributed by atoms with van der Waals surface area (Å²) >= 11 is 14.3. The number of nitrogens with zero attached hydrogens (tertiary/aromatic N) is 4.